The topological polar surface area (TPSA) is 81.1 Å². The van der Waals surface area contributed by atoms with Gasteiger partial charge in [0.15, 0.2) is 0 Å². The van der Waals surface area contributed by atoms with Crippen molar-refractivity contribution in [2.45, 2.75) is 32.2 Å². The highest BCUT2D eigenvalue weighted by Crippen LogP contribution is 2.13. The van der Waals surface area contributed by atoms with Gasteiger partial charge in [-0.2, -0.15) is 0 Å². The number of nitrogens with zero attached hydrogens (tertiary/aromatic N) is 2. The van der Waals surface area contributed by atoms with Gasteiger partial charge < -0.3 is 15.4 Å². The first-order valence-corrected chi connectivity index (χ1v) is 4.92. The number of carboxylic acid groups (broad SMARTS) is 1. The van der Waals surface area contributed by atoms with Crippen molar-refractivity contribution in [1.82, 2.24) is 9.55 Å². The first-order valence-electron chi connectivity index (χ1n) is 4.92. The molecule has 1 aromatic rings. The molecule has 3 N–H and O–H groups in total. The monoisotopic (exact) mass is 211 g/mol. The molecule has 84 valence electrons. The van der Waals surface area contributed by atoms with E-state index in [1.54, 1.807) is 0 Å². The van der Waals surface area contributed by atoms with Crippen molar-refractivity contribution in [3.05, 3.63) is 17.7 Å². The van der Waals surface area contributed by atoms with E-state index in [1.165, 1.54) is 0 Å². The Balaban J connectivity index is 2.79. The number of aliphatic carboxylic acids is 1. The van der Waals surface area contributed by atoms with E-state index in [1.807, 2.05) is 31.7 Å². The molecule has 15 heavy (non-hydrogen) atoms. The summed E-state index contributed by atoms with van der Waals surface area (Å²) in [5, 5.41) is 8.67. The molecule has 0 aliphatic carbocycles. The molecule has 5 heteroatoms. The van der Waals surface area contributed by atoms with E-state index in [2.05, 4.69) is 4.98 Å². The fourth-order valence-electron chi connectivity index (χ4n) is 1.49. The Morgan fingerprint density at radius 2 is 2.27 bits per heavy atom. The molecule has 0 unspecified atom stereocenters. The molecule has 0 saturated heterocycles. The summed E-state index contributed by atoms with van der Waals surface area (Å²) in [5.41, 5.74) is 6.17. The van der Waals surface area contributed by atoms with Crippen LogP contribution in [0, 0.1) is 0 Å². The summed E-state index contributed by atoms with van der Waals surface area (Å²) in [6, 6.07) is -0.875. The van der Waals surface area contributed by atoms with Crippen LogP contribution in [0.15, 0.2) is 6.20 Å². The number of hydrogen-bond acceptors (Lipinski definition) is 3. The Hall–Kier alpha value is -1.36. The zero-order valence-electron chi connectivity index (χ0n) is 9.27. The van der Waals surface area contributed by atoms with Crippen molar-refractivity contribution in [2.24, 2.45) is 12.8 Å². The molecule has 1 rings (SSSR count). The van der Waals surface area contributed by atoms with Gasteiger partial charge >= 0.3 is 5.97 Å². The SMILES string of the molecule is CC(C)c1nc(C[C@H](N)C(=O)O)cn1C. The van der Waals surface area contributed by atoms with E-state index in [0.717, 1.165) is 11.5 Å². The largest absolute Gasteiger partial charge is 0.480 e. The number of carbonyl (C=O) groups is 1. The highest BCUT2D eigenvalue weighted by atomic mass is 16.4. The van der Waals surface area contributed by atoms with Crippen LogP contribution in [-0.4, -0.2) is 26.7 Å². The lowest BCUT2D eigenvalue weighted by Crippen LogP contribution is -2.32. The summed E-state index contributed by atoms with van der Waals surface area (Å²) in [5.74, 6) is 0.277. The average Bonchev–Trinajstić information content (AvgIpc) is 2.46. The minimum Gasteiger partial charge on any atom is -0.480 e. The number of rotatable bonds is 4. The van der Waals surface area contributed by atoms with Crippen LogP contribution < -0.4 is 5.73 Å². The first kappa shape index (κ1) is 11.7. The third-order valence-electron chi connectivity index (χ3n) is 2.22. The number of hydrogen-bond donors (Lipinski definition) is 2. The van der Waals surface area contributed by atoms with Crippen LogP contribution in [0.25, 0.3) is 0 Å². The van der Waals surface area contributed by atoms with Crippen molar-refractivity contribution in [2.75, 3.05) is 0 Å². The van der Waals surface area contributed by atoms with Crippen LogP contribution in [0.2, 0.25) is 0 Å². The van der Waals surface area contributed by atoms with Crippen LogP contribution >= 0.6 is 0 Å². The lowest BCUT2D eigenvalue weighted by molar-refractivity contribution is -0.138. The van der Waals surface area contributed by atoms with E-state index in [-0.39, 0.29) is 6.42 Å². The Morgan fingerprint density at radius 1 is 1.67 bits per heavy atom. The standard InChI is InChI=1S/C10H17N3O2/c1-6(2)9-12-7(5-13(9)3)4-8(11)10(14)15/h5-6,8H,4,11H2,1-3H3,(H,14,15)/t8-/m0/s1. The van der Waals surface area contributed by atoms with Gasteiger partial charge in [0.05, 0.1) is 5.69 Å². The molecule has 1 aromatic heterocycles. The first-order chi connectivity index (χ1) is 6.91. The van der Waals surface area contributed by atoms with Gasteiger partial charge in [0, 0.05) is 25.6 Å². The zero-order valence-corrected chi connectivity index (χ0v) is 9.27. The molecule has 0 fully saturated rings. The molecule has 0 radical (unpaired) electrons. The molecular weight excluding hydrogens is 194 g/mol. The Kier molecular flexibility index (Phi) is 3.47. The number of aromatic nitrogens is 2. The minimum atomic E-state index is -0.994. The van der Waals surface area contributed by atoms with Crippen LogP contribution in [0.4, 0.5) is 0 Å². The van der Waals surface area contributed by atoms with E-state index < -0.39 is 12.0 Å². The molecule has 1 heterocycles. The van der Waals surface area contributed by atoms with Gasteiger partial charge in [-0.25, -0.2) is 4.98 Å². The van der Waals surface area contributed by atoms with E-state index in [4.69, 9.17) is 10.8 Å². The molecular formula is C10H17N3O2. The van der Waals surface area contributed by atoms with Crippen molar-refractivity contribution >= 4 is 5.97 Å². The number of imidazole rings is 1. The number of carboxylic acids is 1. The maximum absolute atomic E-state index is 10.6. The van der Waals surface area contributed by atoms with Crippen molar-refractivity contribution in [3.63, 3.8) is 0 Å². The Bertz CT molecular complexity index is 358. The van der Waals surface area contributed by atoms with Crippen molar-refractivity contribution < 1.29 is 9.90 Å². The molecule has 1 atom stereocenters. The molecule has 0 spiro atoms. The van der Waals surface area contributed by atoms with Crippen molar-refractivity contribution in [1.29, 1.82) is 0 Å². The molecule has 5 nitrogen and oxygen atoms in total. The maximum atomic E-state index is 10.6. The summed E-state index contributed by atoms with van der Waals surface area (Å²) in [6.07, 6.45) is 2.11. The number of aryl methyl sites for hydroxylation is 1. The second kappa shape index (κ2) is 4.44. The fourth-order valence-corrected chi connectivity index (χ4v) is 1.49. The lowest BCUT2D eigenvalue weighted by Gasteiger charge is -2.03. The third-order valence-corrected chi connectivity index (χ3v) is 2.22. The highest BCUT2D eigenvalue weighted by Gasteiger charge is 2.15. The summed E-state index contributed by atoms with van der Waals surface area (Å²) in [4.78, 5) is 14.9. The van der Waals surface area contributed by atoms with Gasteiger partial charge in [-0.1, -0.05) is 13.8 Å². The maximum Gasteiger partial charge on any atom is 0.320 e. The van der Waals surface area contributed by atoms with Gasteiger partial charge in [0.1, 0.15) is 11.9 Å². The smallest absolute Gasteiger partial charge is 0.320 e. The van der Waals surface area contributed by atoms with E-state index >= 15 is 0 Å². The highest BCUT2D eigenvalue weighted by molar-refractivity contribution is 5.73. The van der Waals surface area contributed by atoms with Gasteiger partial charge in [-0.15, -0.1) is 0 Å². The normalized spacial score (nSPS) is 13.1. The predicted molar refractivity (Wildman–Crippen MR) is 56.6 cm³/mol. The summed E-state index contributed by atoms with van der Waals surface area (Å²) < 4.78 is 1.91. The average molecular weight is 211 g/mol. The molecule has 0 amide bonds. The summed E-state index contributed by atoms with van der Waals surface area (Å²) >= 11 is 0. The minimum absolute atomic E-state index is 0.274. The van der Waals surface area contributed by atoms with Gasteiger partial charge in [-0.3, -0.25) is 4.79 Å². The quantitative estimate of drug-likeness (QED) is 0.759. The number of nitrogens with two attached hydrogens (primary N) is 1. The third kappa shape index (κ3) is 2.79. The second-order valence-corrected chi connectivity index (χ2v) is 4.00. The molecule has 0 saturated carbocycles. The van der Waals surface area contributed by atoms with Crippen LogP contribution in [0.3, 0.4) is 0 Å². The predicted octanol–water partition coefficient (Wildman–Crippen LogP) is 0.498. The van der Waals surface area contributed by atoms with E-state index in [9.17, 15) is 4.79 Å². The summed E-state index contributed by atoms with van der Waals surface area (Å²) in [7, 11) is 1.90. The molecule has 0 aromatic carbocycles. The van der Waals surface area contributed by atoms with Gasteiger partial charge in [0.25, 0.3) is 0 Å². The second-order valence-electron chi connectivity index (χ2n) is 4.00. The van der Waals surface area contributed by atoms with Crippen LogP contribution in [0.5, 0.6) is 0 Å². The lowest BCUT2D eigenvalue weighted by atomic mass is 10.2. The molecule has 0 aliphatic rings. The molecule has 0 bridgehead atoms. The van der Waals surface area contributed by atoms with Gasteiger partial charge in [-0.05, 0) is 0 Å². The molecule has 0 aliphatic heterocycles. The van der Waals surface area contributed by atoms with Crippen LogP contribution in [-0.2, 0) is 18.3 Å². The van der Waals surface area contributed by atoms with Crippen LogP contribution in [0.1, 0.15) is 31.3 Å². The van der Waals surface area contributed by atoms with Crippen molar-refractivity contribution in [3.8, 4) is 0 Å². The zero-order chi connectivity index (χ0) is 11.6. The van der Waals surface area contributed by atoms with E-state index in [0.29, 0.717) is 5.92 Å². The Morgan fingerprint density at radius 3 is 2.67 bits per heavy atom. The van der Waals surface area contributed by atoms with Gasteiger partial charge in [0.2, 0.25) is 0 Å². The fraction of sp³-hybridized carbons (Fsp3) is 0.600. The summed E-state index contributed by atoms with van der Waals surface area (Å²) in [6.45, 7) is 4.09. The Labute approximate surface area is 88.9 Å².